The third-order valence-electron chi connectivity index (χ3n) is 7.76. The van der Waals surface area contributed by atoms with Gasteiger partial charge in [-0.2, -0.15) is 0 Å². The first-order valence-corrected chi connectivity index (χ1v) is 15.4. The van der Waals surface area contributed by atoms with Crippen molar-refractivity contribution in [1.29, 1.82) is 0 Å². The minimum absolute atomic E-state index is 0.277. The number of benzene rings is 4. The Balaban J connectivity index is 1.43. The molecule has 0 N–H and O–H groups in total. The van der Waals surface area contributed by atoms with Crippen molar-refractivity contribution in [2.24, 2.45) is 5.92 Å². The van der Waals surface area contributed by atoms with E-state index in [0.717, 1.165) is 6.42 Å². The van der Waals surface area contributed by atoms with Crippen LogP contribution in [0.4, 0.5) is 0 Å². The van der Waals surface area contributed by atoms with Crippen LogP contribution in [-0.4, -0.2) is 0 Å². The quantitative estimate of drug-likeness (QED) is 0.177. The molecule has 0 spiro atoms. The van der Waals surface area contributed by atoms with Gasteiger partial charge in [-0.05, 0) is 75.4 Å². The SMILES string of the molecule is CC(C)/C=C\C=C/C(C)c1cc(C2=CC(c3cccc4c3sc3ccccc34)=CCC=C2)ccc1-c1ccccc1. The first-order valence-electron chi connectivity index (χ1n) is 14.6. The van der Waals surface area contributed by atoms with Crippen LogP contribution in [0.15, 0.2) is 140 Å². The van der Waals surface area contributed by atoms with Crippen molar-refractivity contribution in [2.75, 3.05) is 0 Å². The highest BCUT2D eigenvalue weighted by Gasteiger charge is 2.15. The van der Waals surface area contributed by atoms with Crippen LogP contribution in [-0.2, 0) is 0 Å². The predicted octanol–water partition coefficient (Wildman–Crippen LogP) is 12.0. The van der Waals surface area contributed by atoms with Crippen molar-refractivity contribution >= 4 is 42.7 Å². The zero-order valence-corrected chi connectivity index (χ0v) is 24.9. The Hall–Kier alpha value is -4.20. The number of fused-ring (bicyclic) bond motifs is 3. The average molecular weight is 549 g/mol. The lowest BCUT2D eigenvalue weighted by Crippen LogP contribution is -1.96. The summed E-state index contributed by atoms with van der Waals surface area (Å²) in [5.41, 5.74) is 9.02. The smallest absolute Gasteiger partial charge is 0.0433 e. The molecule has 5 aromatic rings. The summed E-state index contributed by atoms with van der Waals surface area (Å²) in [6.07, 6.45) is 19.2. The first kappa shape index (κ1) is 27.0. The molecular formula is C40H36S. The van der Waals surface area contributed by atoms with Gasteiger partial charge in [-0.3, -0.25) is 0 Å². The molecule has 41 heavy (non-hydrogen) atoms. The molecule has 0 aliphatic heterocycles. The molecule has 6 rings (SSSR count). The maximum absolute atomic E-state index is 2.41. The minimum Gasteiger partial charge on any atom is -0.135 e. The standard InChI is InChI=1S/C40H36S/c1-28(2)14-7-8-15-29(3)38-27-32(24-25-34(38)30-16-5-4-6-17-30)31-18-9-10-19-33(26-31)35-21-13-22-37-36-20-11-12-23-39(36)41-40(35)37/h4-9,11-29H,10H2,1-3H3/b14-7-,15-8-. The molecular weight excluding hydrogens is 513 g/mol. The summed E-state index contributed by atoms with van der Waals surface area (Å²) in [4.78, 5) is 0. The zero-order valence-electron chi connectivity index (χ0n) is 24.0. The Kier molecular flexibility index (Phi) is 7.98. The van der Waals surface area contributed by atoms with Crippen LogP contribution < -0.4 is 0 Å². The van der Waals surface area contributed by atoms with Crippen molar-refractivity contribution < 1.29 is 0 Å². The van der Waals surface area contributed by atoms with Crippen LogP contribution in [0, 0.1) is 5.92 Å². The largest absolute Gasteiger partial charge is 0.135 e. The Morgan fingerprint density at radius 3 is 2.32 bits per heavy atom. The van der Waals surface area contributed by atoms with Crippen LogP contribution in [0.1, 0.15) is 49.8 Å². The van der Waals surface area contributed by atoms with Crippen molar-refractivity contribution in [3.63, 3.8) is 0 Å². The highest BCUT2D eigenvalue weighted by molar-refractivity contribution is 7.26. The number of allylic oxidation sites excluding steroid dienone is 10. The topological polar surface area (TPSA) is 0 Å². The summed E-state index contributed by atoms with van der Waals surface area (Å²) in [7, 11) is 0. The van der Waals surface area contributed by atoms with E-state index in [1.165, 1.54) is 59.1 Å². The van der Waals surface area contributed by atoms with Gasteiger partial charge in [0.2, 0.25) is 0 Å². The lowest BCUT2D eigenvalue weighted by atomic mass is 9.87. The normalized spacial score (nSPS) is 14.7. The van der Waals surface area contributed by atoms with E-state index in [9.17, 15) is 0 Å². The van der Waals surface area contributed by atoms with E-state index in [-0.39, 0.29) is 5.92 Å². The Morgan fingerprint density at radius 1 is 0.683 bits per heavy atom. The van der Waals surface area contributed by atoms with Gasteiger partial charge >= 0.3 is 0 Å². The van der Waals surface area contributed by atoms with Crippen LogP contribution >= 0.6 is 11.3 Å². The lowest BCUT2D eigenvalue weighted by molar-refractivity contribution is 0.831. The molecule has 1 unspecified atom stereocenters. The molecule has 1 aliphatic rings. The molecule has 1 heteroatoms. The first-order chi connectivity index (χ1) is 20.1. The van der Waals surface area contributed by atoms with E-state index < -0.39 is 0 Å². The minimum atomic E-state index is 0.277. The van der Waals surface area contributed by atoms with Gasteiger partial charge < -0.3 is 0 Å². The molecule has 0 bridgehead atoms. The van der Waals surface area contributed by atoms with Gasteiger partial charge in [0.15, 0.2) is 0 Å². The van der Waals surface area contributed by atoms with Gasteiger partial charge in [0.05, 0.1) is 0 Å². The van der Waals surface area contributed by atoms with Crippen molar-refractivity contribution in [1.82, 2.24) is 0 Å². The highest BCUT2D eigenvalue weighted by Crippen LogP contribution is 2.40. The molecule has 202 valence electrons. The lowest BCUT2D eigenvalue weighted by Gasteiger charge is -2.17. The van der Waals surface area contributed by atoms with E-state index in [1.807, 2.05) is 11.3 Å². The molecule has 0 saturated carbocycles. The molecule has 1 aromatic heterocycles. The van der Waals surface area contributed by atoms with Gasteiger partial charge in [0, 0.05) is 20.2 Å². The van der Waals surface area contributed by atoms with E-state index in [2.05, 4.69) is 160 Å². The third-order valence-corrected chi connectivity index (χ3v) is 8.98. The van der Waals surface area contributed by atoms with Gasteiger partial charge in [0.1, 0.15) is 0 Å². The van der Waals surface area contributed by atoms with E-state index in [0.29, 0.717) is 5.92 Å². The van der Waals surface area contributed by atoms with Crippen molar-refractivity contribution in [3.05, 3.63) is 156 Å². The molecule has 4 aromatic carbocycles. The Labute approximate surface area is 248 Å². The zero-order chi connectivity index (χ0) is 28.2. The predicted molar refractivity (Wildman–Crippen MR) is 182 cm³/mol. The molecule has 0 radical (unpaired) electrons. The fourth-order valence-corrected chi connectivity index (χ4v) is 6.87. The van der Waals surface area contributed by atoms with Gasteiger partial charge in [-0.15, -0.1) is 11.3 Å². The summed E-state index contributed by atoms with van der Waals surface area (Å²) in [6.45, 7) is 6.72. The molecule has 0 amide bonds. The number of thiophene rings is 1. The summed E-state index contributed by atoms with van der Waals surface area (Å²) in [5, 5.41) is 2.69. The number of rotatable bonds is 7. The molecule has 1 atom stereocenters. The highest BCUT2D eigenvalue weighted by atomic mass is 32.1. The fraction of sp³-hybridized carbons (Fsp3) is 0.150. The maximum atomic E-state index is 2.41. The van der Waals surface area contributed by atoms with E-state index in [4.69, 9.17) is 0 Å². The molecule has 0 nitrogen and oxygen atoms in total. The van der Waals surface area contributed by atoms with Crippen LogP contribution in [0.2, 0.25) is 0 Å². The number of hydrogen-bond acceptors (Lipinski definition) is 1. The van der Waals surface area contributed by atoms with Crippen LogP contribution in [0.25, 0.3) is 42.4 Å². The summed E-state index contributed by atoms with van der Waals surface area (Å²) in [5.74, 6) is 0.826. The summed E-state index contributed by atoms with van der Waals surface area (Å²) in [6, 6.07) is 33.3. The molecule has 0 fully saturated rings. The van der Waals surface area contributed by atoms with Gasteiger partial charge in [-0.1, -0.05) is 142 Å². The Morgan fingerprint density at radius 2 is 1.46 bits per heavy atom. The second-order valence-corrected chi connectivity index (χ2v) is 12.2. The van der Waals surface area contributed by atoms with Crippen LogP contribution in [0.3, 0.4) is 0 Å². The summed E-state index contributed by atoms with van der Waals surface area (Å²) < 4.78 is 2.71. The van der Waals surface area contributed by atoms with Crippen LogP contribution in [0.5, 0.6) is 0 Å². The second-order valence-electron chi connectivity index (χ2n) is 11.1. The second kappa shape index (κ2) is 12.1. The van der Waals surface area contributed by atoms with Crippen molar-refractivity contribution in [3.8, 4) is 11.1 Å². The Bertz CT molecular complexity index is 1840. The van der Waals surface area contributed by atoms with E-state index in [1.54, 1.807) is 0 Å². The van der Waals surface area contributed by atoms with Crippen molar-refractivity contribution in [2.45, 2.75) is 33.1 Å². The molecule has 1 aliphatic carbocycles. The molecule has 1 heterocycles. The third kappa shape index (κ3) is 5.82. The summed E-state index contributed by atoms with van der Waals surface area (Å²) >= 11 is 1.90. The monoisotopic (exact) mass is 548 g/mol. The molecule has 0 saturated heterocycles. The van der Waals surface area contributed by atoms with Gasteiger partial charge in [-0.25, -0.2) is 0 Å². The maximum Gasteiger partial charge on any atom is 0.0433 e. The number of hydrogen-bond donors (Lipinski definition) is 0. The van der Waals surface area contributed by atoms with E-state index >= 15 is 0 Å². The van der Waals surface area contributed by atoms with Gasteiger partial charge in [0.25, 0.3) is 0 Å². The fourth-order valence-electron chi connectivity index (χ4n) is 5.63. The average Bonchev–Trinajstić information content (AvgIpc) is 3.21.